The smallest absolute Gasteiger partial charge is 0.276 e. The van der Waals surface area contributed by atoms with Gasteiger partial charge >= 0.3 is 0 Å². The van der Waals surface area contributed by atoms with Crippen LogP contribution in [0.15, 0.2) is 16.8 Å². The predicted molar refractivity (Wildman–Crippen MR) is 104 cm³/mol. The minimum absolute atomic E-state index is 0. The van der Waals surface area contributed by atoms with Crippen LogP contribution < -0.4 is 5.32 Å². The van der Waals surface area contributed by atoms with Crippen LogP contribution in [-0.4, -0.2) is 75.1 Å². The van der Waals surface area contributed by atoms with Gasteiger partial charge in [-0.1, -0.05) is 0 Å². The Morgan fingerprint density at radius 3 is 2.89 bits per heavy atom. The molecule has 0 spiro atoms. The summed E-state index contributed by atoms with van der Waals surface area (Å²) in [6.45, 7) is 4.83. The highest BCUT2D eigenvalue weighted by Crippen LogP contribution is 2.24. The molecule has 0 aromatic carbocycles. The molecule has 2 saturated heterocycles. The summed E-state index contributed by atoms with van der Waals surface area (Å²) in [4.78, 5) is 33.3. The van der Waals surface area contributed by atoms with Crippen molar-refractivity contribution in [3.05, 3.63) is 23.8 Å². The van der Waals surface area contributed by atoms with Gasteiger partial charge in [0.15, 0.2) is 5.69 Å². The van der Waals surface area contributed by atoms with Gasteiger partial charge in [0.1, 0.15) is 5.76 Å². The molecule has 2 aromatic rings. The number of halogens is 1. The fourth-order valence-electron chi connectivity index (χ4n) is 3.80. The molecule has 0 aliphatic carbocycles. The number of piperidine rings is 1. The van der Waals surface area contributed by atoms with Crippen LogP contribution in [0, 0.1) is 6.92 Å². The van der Waals surface area contributed by atoms with Crippen molar-refractivity contribution in [3.8, 4) is 11.5 Å². The van der Waals surface area contributed by atoms with Crippen LogP contribution in [0.3, 0.4) is 0 Å². The van der Waals surface area contributed by atoms with Crippen LogP contribution in [0.25, 0.3) is 11.5 Å². The molecule has 10 heteroatoms. The first-order chi connectivity index (χ1) is 13.0. The molecule has 1 unspecified atom stereocenters. The number of carbonyl (C=O) groups is 2. The quantitative estimate of drug-likeness (QED) is 0.808. The molecule has 1 atom stereocenters. The summed E-state index contributed by atoms with van der Waals surface area (Å²) < 4.78 is 7.36. The Labute approximate surface area is 169 Å². The van der Waals surface area contributed by atoms with Crippen molar-refractivity contribution in [3.63, 3.8) is 0 Å². The number of nitrogens with zero attached hydrogens (tertiary/aromatic N) is 5. The van der Waals surface area contributed by atoms with Crippen molar-refractivity contribution in [2.24, 2.45) is 7.05 Å². The number of likely N-dealkylation sites (tertiary alicyclic amines) is 1. The number of hydrogen-bond donors (Lipinski definition) is 1. The van der Waals surface area contributed by atoms with Crippen molar-refractivity contribution in [1.82, 2.24) is 29.9 Å². The summed E-state index contributed by atoms with van der Waals surface area (Å²) in [5.41, 5.74) is 1.07. The molecule has 0 saturated carbocycles. The van der Waals surface area contributed by atoms with Crippen LogP contribution in [0.2, 0.25) is 0 Å². The van der Waals surface area contributed by atoms with E-state index in [1.165, 1.54) is 0 Å². The zero-order valence-electron chi connectivity index (χ0n) is 16.1. The van der Waals surface area contributed by atoms with Crippen LogP contribution in [0.4, 0.5) is 0 Å². The maximum atomic E-state index is 13.0. The van der Waals surface area contributed by atoms with Crippen LogP contribution in [0.1, 0.15) is 29.1 Å². The highest BCUT2D eigenvalue weighted by molar-refractivity contribution is 5.94. The highest BCUT2D eigenvalue weighted by Gasteiger charge is 2.33. The van der Waals surface area contributed by atoms with E-state index in [4.69, 9.17) is 4.42 Å². The molecule has 2 aromatic heterocycles. The molecule has 9 nitrogen and oxygen atoms in total. The van der Waals surface area contributed by atoms with Gasteiger partial charge in [0.05, 0.1) is 18.3 Å². The second-order valence-electron chi connectivity index (χ2n) is 7.14. The Balaban J connectivity index is 0.00000225. The molecule has 2 aliphatic rings. The normalized spacial score (nSPS) is 20.2. The third kappa shape index (κ3) is 3.90. The summed E-state index contributed by atoms with van der Waals surface area (Å²) in [6.07, 6.45) is 5.26. The maximum absolute atomic E-state index is 13.0. The molecule has 4 rings (SSSR count). The number of hydrogen-bond acceptors (Lipinski definition) is 6. The fraction of sp³-hybridized carbons (Fsp3) is 0.556. The average Bonchev–Trinajstić information content (AvgIpc) is 3.27. The summed E-state index contributed by atoms with van der Waals surface area (Å²) in [6, 6.07) is 0.0716. The summed E-state index contributed by atoms with van der Waals surface area (Å²) in [5, 5.41) is 7.20. The zero-order chi connectivity index (χ0) is 19.0. The number of oxazole rings is 1. The van der Waals surface area contributed by atoms with Crippen molar-refractivity contribution < 1.29 is 14.0 Å². The Bertz CT molecular complexity index is 863. The lowest BCUT2D eigenvalue weighted by Gasteiger charge is -2.40. The molecule has 2 fully saturated rings. The average molecular weight is 409 g/mol. The molecule has 1 N–H and O–H groups in total. The van der Waals surface area contributed by atoms with E-state index in [1.54, 1.807) is 28.9 Å². The molecule has 2 aliphatic heterocycles. The van der Waals surface area contributed by atoms with Gasteiger partial charge < -0.3 is 19.5 Å². The number of rotatable bonds is 3. The zero-order valence-corrected chi connectivity index (χ0v) is 16.9. The summed E-state index contributed by atoms with van der Waals surface area (Å²) in [5.74, 6) is 0.865. The molecule has 0 bridgehead atoms. The molecule has 0 radical (unpaired) electrons. The van der Waals surface area contributed by atoms with Gasteiger partial charge in [0.2, 0.25) is 11.8 Å². The summed E-state index contributed by atoms with van der Waals surface area (Å²) in [7, 11) is 1.82. The van der Waals surface area contributed by atoms with Gasteiger partial charge in [-0.2, -0.15) is 5.10 Å². The highest BCUT2D eigenvalue weighted by atomic mass is 35.5. The first kappa shape index (κ1) is 20.3. The number of nitrogens with one attached hydrogen (secondary N) is 1. The molecule has 4 heterocycles. The van der Waals surface area contributed by atoms with E-state index in [1.807, 2.05) is 11.9 Å². The van der Waals surface area contributed by atoms with Gasteiger partial charge in [-0.05, 0) is 19.8 Å². The van der Waals surface area contributed by atoms with Crippen molar-refractivity contribution in [1.29, 1.82) is 0 Å². The van der Waals surface area contributed by atoms with E-state index in [0.717, 1.165) is 24.9 Å². The second-order valence-corrected chi connectivity index (χ2v) is 7.14. The topological polar surface area (TPSA) is 96.5 Å². The Hall–Kier alpha value is -2.39. The van der Waals surface area contributed by atoms with Crippen LogP contribution >= 0.6 is 12.4 Å². The van der Waals surface area contributed by atoms with Gasteiger partial charge in [0, 0.05) is 45.5 Å². The lowest BCUT2D eigenvalue weighted by Crippen LogP contribution is -2.57. The van der Waals surface area contributed by atoms with E-state index in [2.05, 4.69) is 15.4 Å². The van der Waals surface area contributed by atoms with E-state index < -0.39 is 0 Å². The van der Waals surface area contributed by atoms with Crippen LogP contribution in [-0.2, 0) is 11.8 Å². The number of amides is 2. The number of piperazine rings is 1. The first-order valence-corrected chi connectivity index (χ1v) is 9.29. The van der Waals surface area contributed by atoms with E-state index in [0.29, 0.717) is 43.5 Å². The van der Waals surface area contributed by atoms with Gasteiger partial charge in [-0.15, -0.1) is 12.4 Å². The third-order valence-corrected chi connectivity index (χ3v) is 5.20. The number of aryl methyl sites for hydroxylation is 2. The predicted octanol–water partition coefficient (Wildman–Crippen LogP) is 0.842. The maximum Gasteiger partial charge on any atom is 0.276 e. The first-order valence-electron chi connectivity index (χ1n) is 9.29. The van der Waals surface area contributed by atoms with Gasteiger partial charge in [-0.3, -0.25) is 14.3 Å². The molecule has 152 valence electrons. The van der Waals surface area contributed by atoms with Gasteiger partial charge in [-0.25, -0.2) is 4.98 Å². The molecule has 28 heavy (non-hydrogen) atoms. The standard InChI is InChI=1S/C18H24N6O3.ClH/c1-12-16(21-17(27-12)13-8-20-22(2)10-13)18(26)23-6-3-4-14(11-23)24-7-5-19-9-15(24)25;/h8,10,14,19H,3-7,9,11H2,1-2H3;1H. The Morgan fingerprint density at radius 1 is 1.36 bits per heavy atom. The minimum atomic E-state index is -0.140. The third-order valence-electron chi connectivity index (χ3n) is 5.20. The second kappa shape index (κ2) is 8.32. The fourth-order valence-corrected chi connectivity index (χ4v) is 3.80. The lowest BCUT2D eigenvalue weighted by atomic mass is 10.0. The molecular formula is C18H25ClN6O3. The van der Waals surface area contributed by atoms with E-state index >= 15 is 0 Å². The minimum Gasteiger partial charge on any atom is -0.440 e. The number of carbonyl (C=O) groups excluding carboxylic acids is 2. The monoisotopic (exact) mass is 408 g/mol. The van der Waals surface area contributed by atoms with E-state index in [-0.39, 0.29) is 30.3 Å². The van der Waals surface area contributed by atoms with Crippen molar-refractivity contribution >= 4 is 24.2 Å². The molecular weight excluding hydrogens is 384 g/mol. The molecule has 2 amide bonds. The SMILES string of the molecule is Cc1oc(-c2cnn(C)c2)nc1C(=O)N1CCCC(N2CCNCC2=O)C1.Cl. The number of aromatic nitrogens is 3. The summed E-state index contributed by atoms with van der Waals surface area (Å²) >= 11 is 0. The Morgan fingerprint density at radius 2 is 2.18 bits per heavy atom. The van der Waals surface area contributed by atoms with Crippen LogP contribution in [0.5, 0.6) is 0 Å². The van der Waals surface area contributed by atoms with Crippen molar-refractivity contribution in [2.45, 2.75) is 25.8 Å². The Kier molecular flexibility index (Phi) is 6.04. The van der Waals surface area contributed by atoms with Gasteiger partial charge in [0.25, 0.3) is 5.91 Å². The van der Waals surface area contributed by atoms with E-state index in [9.17, 15) is 9.59 Å². The lowest BCUT2D eigenvalue weighted by molar-refractivity contribution is -0.135. The largest absolute Gasteiger partial charge is 0.440 e. The van der Waals surface area contributed by atoms with Crippen molar-refractivity contribution in [2.75, 3.05) is 32.7 Å².